The third-order valence-corrected chi connectivity index (χ3v) is 4.61. The molecule has 2 aromatic rings. The summed E-state index contributed by atoms with van der Waals surface area (Å²) >= 11 is 0. The molecule has 2 rings (SSSR count). The SMILES string of the molecule is C#C.C/C=C\C(=C/C)c1cc(C)[nH]n1.CCCC(CC(=O)CC)c1ccc(F)c(O)c1. The first-order chi connectivity index (χ1) is 14.9. The molecule has 1 unspecified atom stereocenters. The van der Waals surface area contributed by atoms with Gasteiger partial charge in [0, 0.05) is 18.5 Å². The van der Waals surface area contributed by atoms with Gasteiger partial charge in [0.25, 0.3) is 0 Å². The number of ketones is 1. The molecular formula is C26H35FN2O2. The van der Waals surface area contributed by atoms with Crippen LogP contribution in [0.2, 0.25) is 0 Å². The minimum absolute atomic E-state index is 0.0824. The van der Waals surface area contributed by atoms with Gasteiger partial charge in [-0.1, -0.05) is 44.6 Å². The van der Waals surface area contributed by atoms with Crippen molar-refractivity contribution < 1.29 is 14.3 Å². The van der Waals surface area contributed by atoms with Crippen molar-refractivity contribution in [3.8, 4) is 18.6 Å². The highest BCUT2D eigenvalue weighted by molar-refractivity contribution is 5.79. The summed E-state index contributed by atoms with van der Waals surface area (Å²) in [6.45, 7) is 9.90. The van der Waals surface area contributed by atoms with Crippen LogP contribution in [0.3, 0.4) is 0 Å². The second-order valence-electron chi connectivity index (χ2n) is 6.97. The number of benzene rings is 1. The molecule has 2 N–H and O–H groups in total. The second kappa shape index (κ2) is 15.7. The molecule has 1 atom stereocenters. The van der Waals surface area contributed by atoms with Crippen molar-refractivity contribution in [2.75, 3.05) is 0 Å². The van der Waals surface area contributed by atoms with Crippen LogP contribution in [0, 0.1) is 25.6 Å². The van der Waals surface area contributed by atoms with Crippen LogP contribution in [0.4, 0.5) is 4.39 Å². The number of hydrogen-bond acceptors (Lipinski definition) is 3. The molecule has 168 valence electrons. The third-order valence-electron chi connectivity index (χ3n) is 4.61. The monoisotopic (exact) mass is 426 g/mol. The zero-order valence-corrected chi connectivity index (χ0v) is 19.3. The van der Waals surface area contributed by atoms with E-state index in [1.54, 1.807) is 6.07 Å². The molecule has 1 heterocycles. The molecule has 1 aromatic heterocycles. The minimum atomic E-state index is -0.620. The first kappa shape index (κ1) is 27.9. The molecule has 31 heavy (non-hydrogen) atoms. The first-order valence-electron chi connectivity index (χ1n) is 10.5. The molecule has 0 fully saturated rings. The van der Waals surface area contributed by atoms with E-state index in [0.29, 0.717) is 12.8 Å². The molecule has 0 saturated carbocycles. The number of allylic oxidation sites excluding steroid dienone is 4. The van der Waals surface area contributed by atoms with E-state index < -0.39 is 5.82 Å². The van der Waals surface area contributed by atoms with Gasteiger partial charge in [-0.3, -0.25) is 9.89 Å². The van der Waals surface area contributed by atoms with Crippen molar-refractivity contribution >= 4 is 11.4 Å². The van der Waals surface area contributed by atoms with Crippen molar-refractivity contribution in [1.82, 2.24) is 10.2 Å². The number of aromatic hydroxyl groups is 1. The molecule has 0 radical (unpaired) electrons. The molecular weight excluding hydrogens is 391 g/mol. The van der Waals surface area contributed by atoms with E-state index in [0.717, 1.165) is 35.4 Å². The Morgan fingerprint density at radius 3 is 2.39 bits per heavy atom. The van der Waals surface area contributed by atoms with E-state index in [9.17, 15) is 14.3 Å². The number of nitrogens with one attached hydrogen (secondary N) is 1. The summed E-state index contributed by atoms with van der Waals surface area (Å²) in [6.07, 6.45) is 16.9. The number of phenolic OH excluding ortho intramolecular Hbond substituents is 1. The Hall–Kier alpha value is -3.13. The maximum Gasteiger partial charge on any atom is 0.164 e. The van der Waals surface area contributed by atoms with Crippen molar-refractivity contribution in [2.45, 2.75) is 66.2 Å². The summed E-state index contributed by atoms with van der Waals surface area (Å²) in [5.74, 6) is -0.676. The number of aromatic nitrogens is 2. The zero-order valence-electron chi connectivity index (χ0n) is 19.3. The molecule has 0 aliphatic rings. The topological polar surface area (TPSA) is 66.0 Å². The van der Waals surface area contributed by atoms with E-state index in [1.165, 1.54) is 12.1 Å². The van der Waals surface area contributed by atoms with Crippen molar-refractivity contribution in [3.63, 3.8) is 0 Å². The number of aromatic amines is 1. The summed E-state index contributed by atoms with van der Waals surface area (Å²) in [5.41, 5.74) is 4.09. The smallest absolute Gasteiger partial charge is 0.164 e. The lowest BCUT2D eigenvalue weighted by atomic mass is 9.89. The van der Waals surface area contributed by atoms with Gasteiger partial charge < -0.3 is 5.11 Å². The first-order valence-corrected chi connectivity index (χ1v) is 10.5. The lowest BCUT2D eigenvalue weighted by Crippen LogP contribution is -2.06. The van der Waals surface area contributed by atoms with Crippen molar-refractivity contribution in [2.24, 2.45) is 0 Å². The van der Waals surface area contributed by atoms with Gasteiger partial charge in [-0.05, 0) is 62.4 Å². The van der Waals surface area contributed by atoms with Crippen LogP contribution in [0.15, 0.2) is 42.5 Å². The Balaban J connectivity index is 0.000000564. The predicted octanol–water partition coefficient (Wildman–Crippen LogP) is 6.73. The standard InChI is InChI=1S/C14H19FO2.C10H14N2.C2H2/c1-3-5-10(8-12(16)4-2)11-6-7-13(15)14(17)9-11;1-4-6-9(5-2)10-7-8(3)11-12-10;1-2/h6-7,9-10,17H,3-5,8H2,1-2H3;4-7H,1-3H3,(H,11,12);1-2H/b;6-4-,9-5+;. The molecule has 0 aliphatic carbocycles. The van der Waals surface area contributed by atoms with E-state index in [4.69, 9.17) is 0 Å². The fourth-order valence-electron chi connectivity index (χ4n) is 3.01. The molecule has 0 spiro atoms. The predicted molar refractivity (Wildman–Crippen MR) is 127 cm³/mol. The second-order valence-corrected chi connectivity index (χ2v) is 6.97. The highest BCUT2D eigenvalue weighted by Crippen LogP contribution is 2.29. The number of halogens is 1. The van der Waals surface area contributed by atoms with Crippen molar-refractivity contribution in [1.29, 1.82) is 0 Å². The minimum Gasteiger partial charge on any atom is -0.505 e. The average Bonchev–Trinajstić information content (AvgIpc) is 3.21. The third kappa shape index (κ3) is 9.95. The van der Waals surface area contributed by atoms with E-state index >= 15 is 0 Å². The van der Waals surface area contributed by atoms with Crippen LogP contribution in [-0.4, -0.2) is 21.1 Å². The number of phenols is 1. The Bertz CT molecular complexity index is 879. The number of carbonyl (C=O) groups excluding carboxylic acids is 1. The molecule has 5 heteroatoms. The molecule has 0 bridgehead atoms. The number of aryl methyl sites for hydroxylation is 1. The molecule has 4 nitrogen and oxygen atoms in total. The fourth-order valence-corrected chi connectivity index (χ4v) is 3.01. The lowest BCUT2D eigenvalue weighted by Gasteiger charge is -2.16. The van der Waals surface area contributed by atoms with Crippen molar-refractivity contribution in [3.05, 3.63) is 65.3 Å². The maximum absolute atomic E-state index is 13.0. The van der Waals surface area contributed by atoms with Crippen LogP contribution < -0.4 is 0 Å². The number of rotatable bonds is 8. The van der Waals surface area contributed by atoms with Gasteiger partial charge in [0.05, 0.1) is 5.69 Å². The largest absolute Gasteiger partial charge is 0.505 e. The number of H-pyrrole nitrogens is 1. The molecule has 1 aromatic carbocycles. The van der Waals surface area contributed by atoms with Crippen LogP contribution in [0.1, 0.15) is 76.2 Å². The van der Waals surface area contributed by atoms with Gasteiger partial charge in [0.2, 0.25) is 0 Å². The highest BCUT2D eigenvalue weighted by Gasteiger charge is 2.15. The van der Waals surface area contributed by atoms with Gasteiger partial charge >= 0.3 is 0 Å². The number of terminal acetylenes is 1. The van der Waals surface area contributed by atoms with Gasteiger partial charge in [0.1, 0.15) is 5.78 Å². The van der Waals surface area contributed by atoms with Crippen LogP contribution >= 0.6 is 0 Å². The molecule has 0 saturated heterocycles. The number of Topliss-reactive ketones (excluding diaryl/α,β-unsaturated/α-hetero) is 1. The quantitative estimate of drug-likeness (QED) is 0.363. The summed E-state index contributed by atoms with van der Waals surface area (Å²) in [5, 5.41) is 16.4. The Morgan fingerprint density at radius 2 is 1.94 bits per heavy atom. The number of hydrogen-bond donors (Lipinski definition) is 2. The van der Waals surface area contributed by atoms with Crippen LogP contribution in [-0.2, 0) is 4.79 Å². The summed E-state index contributed by atoms with van der Waals surface area (Å²) < 4.78 is 13.0. The Kier molecular flexibility index (Phi) is 14.1. The zero-order chi connectivity index (χ0) is 23.8. The molecule has 0 aliphatic heterocycles. The maximum atomic E-state index is 13.0. The summed E-state index contributed by atoms with van der Waals surface area (Å²) in [4.78, 5) is 11.5. The van der Waals surface area contributed by atoms with Gasteiger partial charge in [0.15, 0.2) is 11.6 Å². The lowest BCUT2D eigenvalue weighted by molar-refractivity contribution is -0.119. The van der Waals surface area contributed by atoms with Crippen LogP contribution in [0.25, 0.3) is 5.57 Å². The molecule has 0 amide bonds. The number of nitrogens with zero attached hydrogens (tertiary/aromatic N) is 1. The fraction of sp³-hybridized carbons (Fsp3) is 0.385. The average molecular weight is 427 g/mol. The highest BCUT2D eigenvalue weighted by atomic mass is 19.1. The van der Waals surface area contributed by atoms with E-state index in [1.807, 2.05) is 46.8 Å². The van der Waals surface area contributed by atoms with Crippen LogP contribution in [0.5, 0.6) is 5.75 Å². The Morgan fingerprint density at radius 1 is 1.26 bits per heavy atom. The Labute approximate surface area is 186 Å². The van der Waals surface area contributed by atoms with Gasteiger partial charge in [-0.15, -0.1) is 12.8 Å². The summed E-state index contributed by atoms with van der Waals surface area (Å²) in [7, 11) is 0. The van der Waals surface area contributed by atoms with E-state index in [2.05, 4.69) is 35.2 Å². The number of carbonyl (C=O) groups is 1. The van der Waals surface area contributed by atoms with E-state index in [-0.39, 0.29) is 17.5 Å². The van der Waals surface area contributed by atoms with Gasteiger partial charge in [-0.2, -0.15) is 5.10 Å². The van der Waals surface area contributed by atoms with Gasteiger partial charge in [-0.25, -0.2) is 4.39 Å². The summed E-state index contributed by atoms with van der Waals surface area (Å²) in [6, 6.07) is 6.37. The normalized spacial score (nSPS) is 11.8.